The molecule has 1 atom stereocenters. The first kappa shape index (κ1) is 11.9. The molecule has 1 aliphatic rings. The molecule has 1 aromatic carbocycles. The van der Waals surface area contributed by atoms with E-state index in [-0.39, 0.29) is 12.7 Å². The Labute approximate surface area is 100 Å². The van der Waals surface area contributed by atoms with Crippen LogP contribution in [0.4, 0.5) is 0 Å². The van der Waals surface area contributed by atoms with Gasteiger partial charge in [0.25, 0.3) is 0 Å². The van der Waals surface area contributed by atoms with Gasteiger partial charge in [0.2, 0.25) is 0 Å². The van der Waals surface area contributed by atoms with Crippen LogP contribution >= 0.6 is 0 Å². The number of carboxylic acids is 1. The predicted molar refractivity (Wildman–Crippen MR) is 62.0 cm³/mol. The minimum Gasteiger partial charge on any atom is -0.497 e. The van der Waals surface area contributed by atoms with Gasteiger partial charge in [0.1, 0.15) is 12.4 Å². The van der Waals surface area contributed by atoms with Crippen molar-refractivity contribution < 1.29 is 19.4 Å². The zero-order chi connectivity index (χ0) is 12.3. The summed E-state index contributed by atoms with van der Waals surface area (Å²) in [6, 6.07) is 7.62. The molecule has 0 aliphatic heterocycles. The fraction of sp³-hybridized carbons (Fsp3) is 0.462. The van der Waals surface area contributed by atoms with Gasteiger partial charge in [-0.3, -0.25) is 0 Å². The molecule has 1 saturated carbocycles. The smallest absolute Gasteiger partial charge is 0.329 e. The third-order valence-corrected chi connectivity index (χ3v) is 2.86. The summed E-state index contributed by atoms with van der Waals surface area (Å²) >= 11 is 0. The third kappa shape index (κ3) is 3.20. The number of hydrogen-bond donors (Lipinski definition) is 1. The number of hydrogen-bond acceptors (Lipinski definition) is 3. The van der Waals surface area contributed by atoms with Gasteiger partial charge < -0.3 is 14.6 Å². The molecule has 0 heterocycles. The largest absolute Gasteiger partial charge is 0.497 e. The number of carbonyl (C=O) groups is 1. The summed E-state index contributed by atoms with van der Waals surface area (Å²) in [5.41, 5.74) is 0.994. The van der Waals surface area contributed by atoms with Crippen molar-refractivity contribution in [2.45, 2.75) is 18.9 Å². The molecule has 0 saturated heterocycles. The number of rotatable bonds is 6. The van der Waals surface area contributed by atoms with Crippen LogP contribution in [0, 0.1) is 5.92 Å². The van der Waals surface area contributed by atoms with Crippen molar-refractivity contribution >= 4 is 5.97 Å². The van der Waals surface area contributed by atoms with Crippen LogP contribution in [-0.2, 0) is 9.53 Å². The molecule has 1 N–H and O–H groups in total. The van der Waals surface area contributed by atoms with E-state index in [4.69, 9.17) is 14.6 Å². The Kier molecular flexibility index (Phi) is 3.64. The average molecular weight is 236 g/mol. The van der Waals surface area contributed by atoms with Crippen LogP contribution in [0.1, 0.15) is 24.5 Å². The molecule has 0 bridgehead atoms. The summed E-state index contributed by atoms with van der Waals surface area (Å²) in [5, 5.41) is 8.66. The Bertz CT molecular complexity index is 398. The van der Waals surface area contributed by atoms with E-state index < -0.39 is 5.97 Å². The summed E-state index contributed by atoms with van der Waals surface area (Å²) in [7, 11) is 1.61. The third-order valence-electron chi connectivity index (χ3n) is 2.86. The van der Waals surface area contributed by atoms with E-state index in [9.17, 15) is 4.79 Å². The van der Waals surface area contributed by atoms with Crippen LogP contribution < -0.4 is 4.74 Å². The van der Waals surface area contributed by atoms with E-state index in [1.165, 1.54) is 0 Å². The second-order valence-electron chi connectivity index (χ2n) is 4.24. The highest BCUT2D eigenvalue weighted by atomic mass is 16.5. The Hall–Kier alpha value is -1.55. The van der Waals surface area contributed by atoms with Gasteiger partial charge in [-0.1, -0.05) is 12.1 Å². The van der Waals surface area contributed by atoms with Gasteiger partial charge in [0.05, 0.1) is 13.2 Å². The zero-order valence-corrected chi connectivity index (χ0v) is 9.76. The highest BCUT2D eigenvalue weighted by Gasteiger charge is 2.33. The van der Waals surface area contributed by atoms with Crippen LogP contribution in [0.5, 0.6) is 5.75 Å². The lowest BCUT2D eigenvalue weighted by atomic mass is 10.1. The molecule has 0 amide bonds. The van der Waals surface area contributed by atoms with Crippen LogP contribution in [0.25, 0.3) is 0 Å². The van der Waals surface area contributed by atoms with E-state index in [1.807, 2.05) is 24.3 Å². The van der Waals surface area contributed by atoms with Crippen molar-refractivity contribution in [2.75, 3.05) is 13.7 Å². The van der Waals surface area contributed by atoms with Crippen LogP contribution in [-0.4, -0.2) is 24.8 Å². The van der Waals surface area contributed by atoms with Gasteiger partial charge in [-0.25, -0.2) is 4.79 Å². The molecule has 2 rings (SSSR count). The van der Waals surface area contributed by atoms with Crippen molar-refractivity contribution in [3.63, 3.8) is 0 Å². The molecule has 0 spiro atoms. The van der Waals surface area contributed by atoms with Crippen molar-refractivity contribution in [1.29, 1.82) is 0 Å². The topological polar surface area (TPSA) is 55.8 Å². The fourth-order valence-corrected chi connectivity index (χ4v) is 1.88. The SMILES string of the molecule is COc1cccc(C(OCC(=O)O)C2CC2)c1. The number of carboxylic acid groups (broad SMARTS) is 1. The van der Waals surface area contributed by atoms with Crippen molar-refractivity contribution in [3.8, 4) is 5.75 Å². The molecule has 1 aliphatic carbocycles. The average Bonchev–Trinajstić information content (AvgIpc) is 3.14. The van der Waals surface area contributed by atoms with E-state index in [0.29, 0.717) is 5.92 Å². The molecule has 4 nitrogen and oxygen atoms in total. The normalized spacial score (nSPS) is 16.5. The van der Waals surface area contributed by atoms with Gasteiger partial charge in [0.15, 0.2) is 0 Å². The molecule has 1 aromatic rings. The molecule has 0 aromatic heterocycles. The Morgan fingerprint density at radius 2 is 2.29 bits per heavy atom. The van der Waals surface area contributed by atoms with Gasteiger partial charge >= 0.3 is 5.97 Å². The minimum atomic E-state index is -0.932. The maximum absolute atomic E-state index is 10.6. The molecule has 17 heavy (non-hydrogen) atoms. The summed E-state index contributed by atoms with van der Waals surface area (Å²) < 4.78 is 10.6. The molecule has 1 unspecified atom stereocenters. The van der Waals surface area contributed by atoms with Gasteiger partial charge in [-0.2, -0.15) is 0 Å². The summed E-state index contributed by atoms with van der Waals surface area (Å²) in [6.45, 7) is -0.252. The zero-order valence-electron chi connectivity index (χ0n) is 9.76. The Morgan fingerprint density at radius 3 is 2.88 bits per heavy atom. The van der Waals surface area contributed by atoms with Crippen LogP contribution in [0.2, 0.25) is 0 Å². The lowest BCUT2D eigenvalue weighted by Gasteiger charge is -2.17. The number of aliphatic carboxylic acids is 1. The van der Waals surface area contributed by atoms with Gasteiger partial charge in [0, 0.05) is 0 Å². The Balaban J connectivity index is 2.10. The van der Waals surface area contributed by atoms with Crippen LogP contribution in [0.3, 0.4) is 0 Å². The summed E-state index contributed by atoms with van der Waals surface area (Å²) in [5.74, 6) is 0.284. The Morgan fingerprint density at radius 1 is 1.53 bits per heavy atom. The van der Waals surface area contributed by atoms with Crippen molar-refractivity contribution in [2.24, 2.45) is 5.92 Å². The van der Waals surface area contributed by atoms with Gasteiger partial charge in [-0.05, 0) is 36.5 Å². The van der Waals surface area contributed by atoms with Gasteiger partial charge in [-0.15, -0.1) is 0 Å². The minimum absolute atomic E-state index is 0.124. The summed E-state index contributed by atoms with van der Waals surface area (Å²) in [6.07, 6.45) is 2.07. The maximum Gasteiger partial charge on any atom is 0.329 e. The standard InChI is InChI=1S/C13H16O4/c1-16-11-4-2-3-10(7-11)13(9-5-6-9)17-8-12(14)15/h2-4,7,9,13H,5-6,8H2,1H3,(H,14,15). The summed E-state index contributed by atoms with van der Waals surface area (Å²) in [4.78, 5) is 10.6. The molecule has 0 radical (unpaired) electrons. The quantitative estimate of drug-likeness (QED) is 0.823. The lowest BCUT2D eigenvalue weighted by molar-refractivity contribution is -0.145. The highest BCUT2D eigenvalue weighted by Crippen LogP contribution is 2.43. The molecule has 4 heteroatoms. The predicted octanol–water partition coefficient (Wildman–Crippen LogP) is 2.25. The second kappa shape index (κ2) is 5.19. The molecular weight excluding hydrogens is 220 g/mol. The monoisotopic (exact) mass is 236 g/mol. The first-order chi connectivity index (χ1) is 8.20. The number of ether oxygens (including phenoxy) is 2. The number of methoxy groups -OCH3 is 1. The molecule has 92 valence electrons. The van der Waals surface area contributed by atoms with E-state index in [1.54, 1.807) is 7.11 Å². The van der Waals surface area contributed by atoms with Crippen molar-refractivity contribution in [1.82, 2.24) is 0 Å². The van der Waals surface area contributed by atoms with E-state index in [0.717, 1.165) is 24.2 Å². The first-order valence-electron chi connectivity index (χ1n) is 5.68. The maximum atomic E-state index is 10.6. The highest BCUT2D eigenvalue weighted by molar-refractivity contribution is 5.68. The lowest BCUT2D eigenvalue weighted by Crippen LogP contribution is -2.13. The van der Waals surface area contributed by atoms with Crippen molar-refractivity contribution in [3.05, 3.63) is 29.8 Å². The van der Waals surface area contributed by atoms with E-state index >= 15 is 0 Å². The number of benzene rings is 1. The first-order valence-corrected chi connectivity index (χ1v) is 5.68. The fourth-order valence-electron chi connectivity index (χ4n) is 1.88. The molecule has 1 fully saturated rings. The molecular formula is C13H16O4. The van der Waals surface area contributed by atoms with E-state index in [2.05, 4.69) is 0 Å². The second-order valence-corrected chi connectivity index (χ2v) is 4.24. The van der Waals surface area contributed by atoms with Crippen LogP contribution in [0.15, 0.2) is 24.3 Å².